The van der Waals surface area contributed by atoms with E-state index in [0.717, 1.165) is 0 Å². The molecule has 1 aliphatic heterocycles. The van der Waals surface area contributed by atoms with Gasteiger partial charge in [-0.15, -0.1) is 0 Å². The first kappa shape index (κ1) is 17.6. The molecule has 4 rings (SSSR count). The van der Waals surface area contributed by atoms with E-state index in [1.54, 1.807) is 73.8 Å². The van der Waals surface area contributed by atoms with Crippen molar-refractivity contribution in [3.05, 3.63) is 89.9 Å². The maximum Gasteiger partial charge on any atom is 0.300 e. The van der Waals surface area contributed by atoms with Crippen molar-refractivity contribution in [2.75, 3.05) is 12.0 Å². The number of methoxy groups -OCH3 is 1. The number of ether oxygens (including phenoxy) is 1. The Hall–Kier alpha value is -3.80. The number of Topliss-reactive ketones (excluding diaryl/α,β-unsaturated/α-hetero) is 1. The molecular weight excluding hydrogens is 358 g/mol. The predicted molar refractivity (Wildman–Crippen MR) is 103 cm³/mol. The van der Waals surface area contributed by atoms with Gasteiger partial charge in [-0.1, -0.05) is 30.3 Å². The Morgan fingerprint density at radius 2 is 1.71 bits per heavy atom. The first-order valence-corrected chi connectivity index (χ1v) is 8.65. The van der Waals surface area contributed by atoms with E-state index in [-0.39, 0.29) is 11.3 Å². The molecule has 1 fully saturated rings. The molecule has 3 aromatic rings. The van der Waals surface area contributed by atoms with E-state index in [1.165, 1.54) is 11.2 Å². The molecule has 1 aliphatic rings. The molecule has 2 aromatic carbocycles. The van der Waals surface area contributed by atoms with E-state index >= 15 is 0 Å². The van der Waals surface area contributed by atoms with Crippen molar-refractivity contribution in [2.24, 2.45) is 0 Å². The number of benzene rings is 2. The van der Waals surface area contributed by atoms with Crippen molar-refractivity contribution in [1.82, 2.24) is 0 Å². The third-order valence-electron chi connectivity index (χ3n) is 4.65. The van der Waals surface area contributed by atoms with Crippen LogP contribution in [0.3, 0.4) is 0 Å². The molecule has 0 radical (unpaired) electrons. The fourth-order valence-electron chi connectivity index (χ4n) is 3.31. The molecule has 6 heteroatoms. The zero-order valence-corrected chi connectivity index (χ0v) is 15.0. The van der Waals surface area contributed by atoms with Crippen LogP contribution in [-0.2, 0) is 9.59 Å². The van der Waals surface area contributed by atoms with Gasteiger partial charge in [-0.25, -0.2) is 0 Å². The quantitative estimate of drug-likeness (QED) is 0.425. The number of nitrogens with zero attached hydrogens (tertiary/aromatic N) is 1. The molecule has 140 valence electrons. The molecular formula is C22H17NO5. The molecule has 1 atom stereocenters. The third kappa shape index (κ3) is 2.85. The lowest BCUT2D eigenvalue weighted by atomic mass is 9.99. The van der Waals surface area contributed by atoms with E-state index < -0.39 is 17.7 Å². The van der Waals surface area contributed by atoms with Gasteiger partial charge in [-0.3, -0.25) is 14.5 Å². The van der Waals surface area contributed by atoms with Gasteiger partial charge in [0, 0.05) is 11.3 Å². The summed E-state index contributed by atoms with van der Waals surface area (Å²) < 4.78 is 10.7. The molecule has 1 aromatic heterocycles. The van der Waals surface area contributed by atoms with Crippen LogP contribution >= 0.6 is 0 Å². The molecule has 1 unspecified atom stereocenters. The van der Waals surface area contributed by atoms with Gasteiger partial charge in [0.05, 0.1) is 18.9 Å². The van der Waals surface area contributed by atoms with E-state index in [2.05, 4.69) is 0 Å². The van der Waals surface area contributed by atoms with Gasteiger partial charge >= 0.3 is 0 Å². The van der Waals surface area contributed by atoms with Crippen molar-refractivity contribution in [3.63, 3.8) is 0 Å². The zero-order valence-electron chi connectivity index (χ0n) is 15.0. The minimum absolute atomic E-state index is 0.0121. The lowest BCUT2D eigenvalue weighted by Gasteiger charge is -2.23. The molecule has 0 saturated carbocycles. The number of carbonyl (C=O) groups is 2. The van der Waals surface area contributed by atoms with Crippen molar-refractivity contribution in [1.29, 1.82) is 0 Å². The zero-order chi connectivity index (χ0) is 19.7. The smallest absolute Gasteiger partial charge is 0.300 e. The summed E-state index contributed by atoms with van der Waals surface area (Å²) in [5.41, 5.74) is 0.935. The van der Waals surface area contributed by atoms with Gasteiger partial charge in [0.25, 0.3) is 11.7 Å². The van der Waals surface area contributed by atoms with E-state index in [4.69, 9.17) is 9.15 Å². The lowest BCUT2D eigenvalue weighted by Crippen LogP contribution is -2.29. The summed E-state index contributed by atoms with van der Waals surface area (Å²) in [6.45, 7) is 0. The molecule has 0 aliphatic carbocycles. The predicted octanol–water partition coefficient (Wildman–Crippen LogP) is 3.91. The molecule has 1 N–H and O–H groups in total. The number of hydrogen-bond acceptors (Lipinski definition) is 5. The van der Waals surface area contributed by atoms with Crippen molar-refractivity contribution in [2.45, 2.75) is 6.04 Å². The highest BCUT2D eigenvalue weighted by Gasteiger charge is 2.48. The van der Waals surface area contributed by atoms with Crippen LogP contribution in [0.25, 0.3) is 5.76 Å². The number of amides is 1. The van der Waals surface area contributed by atoms with Gasteiger partial charge in [0.1, 0.15) is 23.3 Å². The average Bonchev–Trinajstić information content (AvgIpc) is 3.35. The molecule has 0 spiro atoms. The van der Waals surface area contributed by atoms with Crippen LogP contribution in [0.1, 0.15) is 17.4 Å². The van der Waals surface area contributed by atoms with E-state index in [0.29, 0.717) is 22.8 Å². The largest absolute Gasteiger partial charge is 0.507 e. The average molecular weight is 375 g/mol. The maximum absolute atomic E-state index is 12.9. The standard InChI is InChI=1S/C22H17NO5/c1-27-16-11-9-15(10-12-16)23-19(17-8-5-13-28-17)18(21(25)22(23)26)20(24)14-6-3-2-4-7-14/h2-13,19,24H,1H3/b20-18-. The van der Waals surface area contributed by atoms with Crippen molar-refractivity contribution in [3.8, 4) is 5.75 Å². The Morgan fingerprint density at radius 3 is 2.32 bits per heavy atom. The SMILES string of the molecule is COc1ccc(N2C(=O)C(=O)/C(=C(\O)c3ccccc3)C2c2ccco2)cc1. The summed E-state index contributed by atoms with van der Waals surface area (Å²) in [4.78, 5) is 27.1. The number of aliphatic hydroxyl groups excluding tert-OH is 1. The fraction of sp³-hybridized carbons (Fsp3) is 0.0909. The number of furan rings is 1. The number of anilines is 1. The molecule has 6 nitrogen and oxygen atoms in total. The van der Waals surface area contributed by atoms with Crippen LogP contribution in [0.4, 0.5) is 5.69 Å². The maximum atomic E-state index is 12.9. The normalized spacial score (nSPS) is 18.5. The summed E-state index contributed by atoms with van der Waals surface area (Å²) in [7, 11) is 1.55. The Bertz CT molecular complexity index is 1040. The summed E-state index contributed by atoms with van der Waals surface area (Å²) in [6.07, 6.45) is 1.46. The van der Waals surface area contributed by atoms with Crippen molar-refractivity contribution < 1.29 is 23.8 Å². The van der Waals surface area contributed by atoms with E-state index in [9.17, 15) is 14.7 Å². The highest BCUT2D eigenvalue weighted by molar-refractivity contribution is 6.51. The summed E-state index contributed by atoms with van der Waals surface area (Å²) >= 11 is 0. The van der Waals surface area contributed by atoms with Crippen LogP contribution < -0.4 is 9.64 Å². The third-order valence-corrected chi connectivity index (χ3v) is 4.65. The monoisotopic (exact) mass is 375 g/mol. The highest BCUT2D eigenvalue weighted by atomic mass is 16.5. The summed E-state index contributed by atoms with van der Waals surface area (Å²) in [5, 5.41) is 10.8. The highest BCUT2D eigenvalue weighted by Crippen LogP contribution is 2.42. The summed E-state index contributed by atoms with van der Waals surface area (Å²) in [5.74, 6) is -0.731. The summed E-state index contributed by atoms with van der Waals surface area (Å²) in [6, 6.07) is 17.9. The first-order chi connectivity index (χ1) is 13.6. The molecule has 28 heavy (non-hydrogen) atoms. The molecule has 1 saturated heterocycles. The van der Waals surface area contributed by atoms with Gasteiger partial charge in [0.15, 0.2) is 0 Å². The molecule has 2 heterocycles. The number of carbonyl (C=O) groups excluding carboxylic acids is 2. The first-order valence-electron chi connectivity index (χ1n) is 8.65. The second kappa shape index (κ2) is 7.08. The second-order valence-corrected chi connectivity index (χ2v) is 6.25. The van der Waals surface area contributed by atoms with E-state index in [1.807, 2.05) is 0 Å². The van der Waals surface area contributed by atoms with Gasteiger partial charge < -0.3 is 14.3 Å². The minimum atomic E-state index is -0.872. The van der Waals surface area contributed by atoms with Crippen LogP contribution in [0, 0.1) is 0 Å². The van der Waals surface area contributed by atoms with Gasteiger partial charge in [-0.2, -0.15) is 0 Å². The topological polar surface area (TPSA) is 80.0 Å². The minimum Gasteiger partial charge on any atom is -0.507 e. The Morgan fingerprint density at radius 1 is 1.00 bits per heavy atom. The molecule has 1 amide bonds. The number of hydrogen-bond donors (Lipinski definition) is 1. The van der Waals surface area contributed by atoms with Crippen molar-refractivity contribution >= 4 is 23.1 Å². The Labute approximate surface area is 161 Å². The number of aliphatic hydroxyl groups is 1. The van der Waals surface area contributed by atoms with Crippen LogP contribution in [0.2, 0.25) is 0 Å². The fourth-order valence-corrected chi connectivity index (χ4v) is 3.31. The van der Waals surface area contributed by atoms with Crippen LogP contribution in [0.15, 0.2) is 83.0 Å². The Kier molecular flexibility index (Phi) is 4.45. The van der Waals surface area contributed by atoms with Crippen LogP contribution in [0.5, 0.6) is 5.75 Å². The van der Waals surface area contributed by atoms with Gasteiger partial charge in [-0.05, 0) is 36.4 Å². The van der Waals surface area contributed by atoms with Gasteiger partial charge in [0.2, 0.25) is 0 Å². The Balaban J connectivity index is 1.89. The number of rotatable bonds is 4. The number of ketones is 1. The molecule has 0 bridgehead atoms. The second-order valence-electron chi connectivity index (χ2n) is 6.25. The lowest BCUT2D eigenvalue weighted by molar-refractivity contribution is -0.132. The van der Waals surface area contributed by atoms with Crippen LogP contribution in [-0.4, -0.2) is 23.9 Å².